The first-order valence-electron chi connectivity index (χ1n) is 11.5. The molecule has 166 valence electrons. The molecule has 0 unspecified atom stereocenters. The van der Waals surface area contributed by atoms with E-state index in [-0.39, 0.29) is 17.9 Å². The zero-order valence-corrected chi connectivity index (χ0v) is 18.3. The lowest BCUT2D eigenvalue weighted by Gasteiger charge is -2.35. The quantitative estimate of drug-likeness (QED) is 0.670. The summed E-state index contributed by atoms with van der Waals surface area (Å²) in [5.74, 6) is 1.80. The standard InChI is InChI=1S/C25H32N2O4/c1-2-30-21-11-9-19(10-12-21)7-8-20-13-16-26(17-14-20)24(28)22-5-3-15-27(22)25(29)23-6-4-18-31-23/h4,6,9-12,18,20,22H,2-3,5,7-8,13-17H2,1H3/t22-/m1/s1. The van der Waals surface area contributed by atoms with Crippen LogP contribution in [0.3, 0.4) is 0 Å². The summed E-state index contributed by atoms with van der Waals surface area (Å²) in [6.45, 7) is 4.87. The molecule has 0 N–H and O–H groups in total. The summed E-state index contributed by atoms with van der Waals surface area (Å²) in [7, 11) is 0. The van der Waals surface area contributed by atoms with E-state index in [4.69, 9.17) is 9.15 Å². The third kappa shape index (κ3) is 5.12. The van der Waals surface area contributed by atoms with Gasteiger partial charge < -0.3 is 19.0 Å². The largest absolute Gasteiger partial charge is 0.494 e. The van der Waals surface area contributed by atoms with Crippen LogP contribution in [0.2, 0.25) is 0 Å². The molecular weight excluding hydrogens is 392 g/mol. The van der Waals surface area contributed by atoms with Gasteiger partial charge in [0, 0.05) is 19.6 Å². The van der Waals surface area contributed by atoms with Crippen molar-refractivity contribution < 1.29 is 18.7 Å². The van der Waals surface area contributed by atoms with Crippen LogP contribution >= 0.6 is 0 Å². The summed E-state index contributed by atoms with van der Waals surface area (Å²) in [5.41, 5.74) is 1.33. The zero-order chi connectivity index (χ0) is 21.6. The summed E-state index contributed by atoms with van der Waals surface area (Å²) >= 11 is 0. The average molecular weight is 425 g/mol. The van der Waals surface area contributed by atoms with Crippen molar-refractivity contribution >= 4 is 11.8 Å². The molecule has 1 aromatic carbocycles. The first kappa shape index (κ1) is 21.5. The minimum Gasteiger partial charge on any atom is -0.494 e. The van der Waals surface area contributed by atoms with Gasteiger partial charge in [-0.15, -0.1) is 0 Å². The van der Waals surface area contributed by atoms with Gasteiger partial charge in [0.1, 0.15) is 11.8 Å². The van der Waals surface area contributed by atoms with Gasteiger partial charge in [0.05, 0.1) is 12.9 Å². The van der Waals surface area contributed by atoms with E-state index in [2.05, 4.69) is 12.1 Å². The van der Waals surface area contributed by atoms with Gasteiger partial charge in [-0.05, 0) is 81.2 Å². The van der Waals surface area contributed by atoms with Crippen molar-refractivity contribution in [1.29, 1.82) is 0 Å². The van der Waals surface area contributed by atoms with Crippen molar-refractivity contribution in [2.45, 2.75) is 51.5 Å². The van der Waals surface area contributed by atoms with Gasteiger partial charge in [0.15, 0.2) is 5.76 Å². The van der Waals surface area contributed by atoms with E-state index in [0.29, 0.717) is 24.8 Å². The summed E-state index contributed by atoms with van der Waals surface area (Å²) in [6, 6.07) is 11.4. The van der Waals surface area contributed by atoms with Crippen molar-refractivity contribution in [3.8, 4) is 5.75 Å². The highest BCUT2D eigenvalue weighted by Gasteiger charge is 2.38. The number of carbonyl (C=O) groups excluding carboxylic acids is 2. The molecule has 0 saturated carbocycles. The van der Waals surface area contributed by atoms with Crippen molar-refractivity contribution in [1.82, 2.24) is 9.80 Å². The minimum atomic E-state index is -0.349. The Morgan fingerprint density at radius 1 is 1.06 bits per heavy atom. The van der Waals surface area contributed by atoms with E-state index in [1.165, 1.54) is 11.8 Å². The third-order valence-corrected chi connectivity index (χ3v) is 6.53. The number of piperidine rings is 1. The Labute approximate surface area is 184 Å². The highest BCUT2D eigenvalue weighted by Crippen LogP contribution is 2.27. The first-order chi connectivity index (χ1) is 15.2. The Bertz CT molecular complexity index is 854. The first-order valence-corrected chi connectivity index (χ1v) is 11.5. The van der Waals surface area contributed by atoms with Crippen LogP contribution in [0.1, 0.15) is 55.1 Å². The van der Waals surface area contributed by atoms with E-state index in [1.807, 2.05) is 24.0 Å². The number of nitrogens with zero attached hydrogens (tertiary/aromatic N) is 2. The number of hydrogen-bond acceptors (Lipinski definition) is 4. The fourth-order valence-electron chi connectivity index (χ4n) is 4.75. The van der Waals surface area contributed by atoms with Crippen molar-refractivity contribution in [2.75, 3.05) is 26.2 Å². The van der Waals surface area contributed by atoms with Crippen LogP contribution in [0.15, 0.2) is 47.1 Å². The molecule has 6 nitrogen and oxygen atoms in total. The minimum absolute atomic E-state index is 0.0994. The van der Waals surface area contributed by atoms with Gasteiger partial charge in [-0.2, -0.15) is 0 Å². The third-order valence-electron chi connectivity index (χ3n) is 6.53. The lowest BCUT2D eigenvalue weighted by Crippen LogP contribution is -2.50. The summed E-state index contributed by atoms with van der Waals surface area (Å²) in [5, 5.41) is 0. The van der Waals surface area contributed by atoms with Crippen LogP contribution in [0, 0.1) is 5.92 Å². The fourth-order valence-corrected chi connectivity index (χ4v) is 4.75. The number of carbonyl (C=O) groups is 2. The second-order valence-corrected chi connectivity index (χ2v) is 8.52. The van der Waals surface area contributed by atoms with Crippen LogP contribution in [-0.4, -0.2) is 53.9 Å². The Morgan fingerprint density at radius 2 is 1.84 bits per heavy atom. The van der Waals surface area contributed by atoms with Crippen LogP contribution in [0.5, 0.6) is 5.75 Å². The van der Waals surface area contributed by atoms with Crippen molar-refractivity contribution in [3.05, 3.63) is 54.0 Å². The summed E-state index contributed by atoms with van der Waals surface area (Å²) in [4.78, 5) is 29.5. The van der Waals surface area contributed by atoms with Gasteiger partial charge in [-0.25, -0.2) is 0 Å². The molecule has 1 atom stereocenters. The molecule has 4 rings (SSSR count). The van der Waals surface area contributed by atoms with Crippen LogP contribution < -0.4 is 4.74 Å². The molecule has 6 heteroatoms. The van der Waals surface area contributed by atoms with E-state index in [0.717, 1.165) is 57.4 Å². The molecule has 2 aliphatic rings. The van der Waals surface area contributed by atoms with Crippen LogP contribution in [0.25, 0.3) is 0 Å². The van der Waals surface area contributed by atoms with E-state index in [9.17, 15) is 9.59 Å². The fraction of sp³-hybridized carbons (Fsp3) is 0.520. The maximum absolute atomic E-state index is 13.1. The van der Waals surface area contributed by atoms with Crippen molar-refractivity contribution in [3.63, 3.8) is 0 Å². The molecule has 0 radical (unpaired) electrons. The van der Waals surface area contributed by atoms with E-state index in [1.54, 1.807) is 17.0 Å². The number of hydrogen-bond donors (Lipinski definition) is 0. The summed E-state index contributed by atoms with van der Waals surface area (Å²) < 4.78 is 10.8. The highest BCUT2D eigenvalue weighted by molar-refractivity contribution is 5.96. The Hall–Kier alpha value is -2.76. The predicted octanol–water partition coefficient (Wildman–Crippen LogP) is 4.15. The maximum atomic E-state index is 13.1. The Balaban J connectivity index is 1.25. The number of amides is 2. The molecule has 0 bridgehead atoms. The SMILES string of the molecule is CCOc1ccc(CCC2CCN(C(=O)[C@H]3CCCN3C(=O)c3ccco3)CC2)cc1. The molecule has 31 heavy (non-hydrogen) atoms. The molecule has 2 amide bonds. The Morgan fingerprint density at radius 3 is 2.52 bits per heavy atom. The number of likely N-dealkylation sites (tertiary alicyclic amines) is 2. The number of furan rings is 1. The molecule has 0 aliphatic carbocycles. The molecule has 2 fully saturated rings. The topological polar surface area (TPSA) is 63.0 Å². The second kappa shape index (κ2) is 10.0. The number of aryl methyl sites for hydroxylation is 1. The van der Waals surface area contributed by atoms with E-state index < -0.39 is 0 Å². The van der Waals surface area contributed by atoms with Crippen LogP contribution in [0.4, 0.5) is 0 Å². The van der Waals surface area contributed by atoms with Crippen LogP contribution in [-0.2, 0) is 11.2 Å². The van der Waals surface area contributed by atoms with Crippen molar-refractivity contribution in [2.24, 2.45) is 5.92 Å². The van der Waals surface area contributed by atoms with Gasteiger partial charge in [0.25, 0.3) is 5.91 Å². The monoisotopic (exact) mass is 424 g/mol. The summed E-state index contributed by atoms with van der Waals surface area (Å²) in [6.07, 6.45) is 7.35. The molecular formula is C25H32N2O4. The Kier molecular flexibility index (Phi) is 6.95. The van der Waals surface area contributed by atoms with Gasteiger partial charge in [-0.3, -0.25) is 9.59 Å². The molecule has 2 aromatic rings. The zero-order valence-electron chi connectivity index (χ0n) is 18.3. The number of rotatable bonds is 7. The smallest absolute Gasteiger partial charge is 0.290 e. The average Bonchev–Trinajstić information content (AvgIpc) is 3.51. The second-order valence-electron chi connectivity index (χ2n) is 8.52. The highest BCUT2D eigenvalue weighted by atomic mass is 16.5. The molecule has 0 spiro atoms. The molecule has 1 aromatic heterocycles. The van der Waals surface area contributed by atoms with Gasteiger partial charge >= 0.3 is 0 Å². The van der Waals surface area contributed by atoms with E-state index >= 15 is 0 Å². The van der Waals surface area contributed by atoms with Gasteiger partial charge in [-0.1, -0.05) is 12.1 Å². The lowest BCUT2D eigenvalue weighted by molar-refractivity contribution is -0.136. The molecule has 2 saturated heterocycles. The van der Waals surface area contributed by atoms with Gasteiger partial charge in [0.2, 0.25) is 5.91 Å². The molecule has 3 heterocycles. The number of benzene rings is 1. The maximum Gasteiger partial charge on any atom is 0.290 e. The normalized spacial score (nSPS) is 19.6. The molecule has 2 aliphatic heterocycles. The predicted molar refractivity (Wildman–Crippen MR) is 118 cm³/mol. The number of ether oxygens (including phenoxy) is 1. The lowest BCUT2D eigenvalue weighted by atomic mass is 9.90.